The number of fused-ring (bicyclic) bond motifs is 1. The standard InChI is InChI=1S/C10H11N3OS/c1-15-7-8(14)6-13-10-5-3-2-4-9(10)11-12-13/h2-5H,6-7H2,1H3. The van der Waals surface area contributed by atoms with Gasteiger partial charge in [0, 0.05) is 0 Å². The highest BCUT2D eigenvalue weighted by Gasteiger charge is 2.07. The highest BCUT2D eigenvalue weighted by Crippen LogP contribution is 2.09. The summed E-state index contributed by atoms with van der Waals surface area (Å²) < 4.78 is 1.65. The minimum Gasteiger partial charge on any atom is -0.297 e. The van der Waals surface area contributed by atoms with Crippen molar-refractivity contribution in [3.63, 3.8) is 0 Å². The Morgan fingerprint density at radius 3 is 3.07 bits per heavy atom. The van der Waals surface area contributed by atoms with Gasteiger partial charge in [-0.1, -0.05) is 17.3 Å². The lowest BCUT2D eigenvalue weighted by Gasteiger charge is -1.99. The maximum atomic E-state index is 11.4. The van der Waals surface area contributed by atoms with E-state index in [4.69, 9.17) is 0 Å². The van der Waals surface area contributed by atoms with Crippen molar-refractivity contribution in [2.45, 2.75) is 6.54 Å². The van der Waals surface area contributed by atoms with Gasteiger partial charge in [0.05, 0.1) is 11.3 Å². The van der Waals surface area contributed by atoms with Crippen molar-refractivity contribution in [1.29, 1.82) is 0 Å². The van der Waals surface area contributed by atoms with Gasteiger partial charge in [0.1, 0.15) is 12.1 Å². The number of thioether (sulfide) groups is 1. The van der Waals surface area contributed by atoms with E-state index in [1.165, 1.54) is 11.8 Å². The van der Waals surface area contributed by atoms with Crippen LogP contribution in [0.3, 0.4) is 0 Å². The first kappa shape index (κ1) is 10.2. The minimum atomic E-state index is 0.165. The predicted octanol–water partition coefficient (Wildman–Crippen LogP) is 1.36. The van der Waals surface area contributed by atoms with Crippen LogP contribution in [0.25, 0.3) is 11.0 Å². The van der Waals surface area contributed by atoms with E-state index >= 15 is 0 Å². The van der Waals surface area contributed by atoms with Gasteiger partial charge >= 0.3 is 0 Å². The van der Waals surface area contributed by atoms with Crippen LogP contribution in [0.1, 0.15) is 0 Å². The van der Waals surface area contributed by atoms with Crippen LogP contribution in [0, 0.1) is 0 Å². The molecular formula is C10H11N3OS. The van der Waals surface area contributed by atoms with Gasteiger partial charge in [-0.25, -0.2) is 4.68 Å². The van der Waals surface area contributed by atoms with Gasteiger partial charge in [-0.3, -0.25) is 4.79 Å². The SMILES string of the molecule is CSCC(=O)Cn1nnc2ccccc21. The zero-order valence-electron chi connectivity index (χ0n) is 8.38. The molecule has 4 nitrogen and oxygen atoms in total. The van der Waals surface area contributed by atoms with Crippen LogP contribution in [0.2, 0.25) is 0 Å². The fourth-order valence-electron chi connectivity index (χ4n) is 1.41. The molecule has 78 valence electrons. The van der Waals surface area contributed by atoms with E-state index in [-0.39, 0.29) is 5.78 Å². The molecule has 0 saturated heterocycles. The fourth-order valence-corrected chi connectivity index (χ4v) is 1.82. The Morgan fingerprint density at radius 1 is 1.47 bits per heavy atom. The Balaban J connectivity index is 2.25. The van der Waals surface area contributed by atoms with Gasteiger partial charge in [0.15, 0.2) is 5.78 Å². The van der Waals surface area contributed by atoms with Crippen molar-refractivity contribution in [3.05, 3.63) is 24.3 Å². The average Bonchev–Trinajstić information content (AvgIpc) is 2.62. The minimum absolute atomic E-state index is 0.165. The summed E-state index contributed by atoms with van der Waals surface area (Å²) in [6.45, 7) is 0.307. The van der Waals surface area contributed by atoms with E-state index in [0.29, 0.717) is 12.3 Å². The number of benzene rings is 1. The summed E-state index contributed by atoms with van der Waals surface area (Å²) in [5.41, 5.74) is 1.74. The molecule has 0 spiro atoms. The molecule has 0 bridgehead atoms. The van der Waals surface area contributed by atoms with Crippen molar-refractivity contribution in [2.75, 3.05) is 12.0 Å². The smallest absolute Gasteiger partial charge is 0.164 e. The number of para-hydroxylation sites is 1. The average molecular weight is 221 g/mol. The van der Waals surface area contributed by atoms with Crippen LogP contribution in [-0.2, 0) is 11.3 Å². The maximum absolute atomic E-state index is 11.4. The van der Waals surface area contributed by atoms with Crippen molar-refractivity contribution in [3.8, 4) is 0 Å². The summed E-state index contributed by atoms with van der Waals surface area (Å²) in [5, 5.41) is 7.94. The topological polar surface area (TPSA) is 47.8 Å². The summed E-state index contributed by atoms with van der Waals surface area (Å²) in [6.07, 6.45) is 1.91. The second-order valence-electron chi connectivity index (χ2n) is 3.21. The second-order valence-corrected chi connectivity index (χ2v) is 4.07. The second kappa shape index (κ2) is 4.44. The molecule has 0 aliphatic heterocycles. The van der Waals surface area contributed by atoms with Gasteiger partial charge in [-0.05, 0) is 18.4 Å². The van der Waals surface area contributed by atoms with E-state index in [0.717, 1.165) is 11.0 Å². The molecule has 0 amide bonds. The van der Waals surface area contributed by atoms with Crippen LogP contribution >= 0.6 is 11.8 Å². The molecule has 0 fully saturated rings. The van der Waals surface area contributed by atoms with E-state index in [9.17, 15) is 4.79 Å². The first-order valence-corrected chi connectivity index (χ1v) is 5.99. The summed E-state index contributed by atoms with van der Waals surface area (Å²) in [6, 6.07) is 7.63. The summed E-state index contributed by atoms with van der Waals surface area (Å²) in [7, 11) is 0. The first-order chi connectivity index (χ1) is 7.31. The molecule has 2 aromatic rings. The lowest BCUT2D eigenvalue weighted by molar-refractivity contribution is -0.117. The molecule has 0 radical (unpaired) electrons. The molecule has 1 heterocycles. The van der Waals surface area contributed by atoms with Crippen LogP contribution in [0.4, 0.5) is 0 Å². The number of hydrogen-bond donors (Lipinski definition) is 0. The maximum Gasteiger partial charge on any atom is 0.164 e. The van der Waals surface area contributed by atoms with Crippen molar-refractivity contribution in [2.24, 2.45) is 0 Å². The highest BCUT2D eigenvalue weighted by atomic mass is 32.2. The Bertz CT molecular complexity index is 480. The predicted molar refractivity (Wildman–Crippen MR) is 60.9 cm³/mol. The van der Waals surface area contributed by atoms with Crippen LogP contribution in [-0.4, -0.2) is 32.8 Å². The third kappa shape index (κ3) is 2.18. The third-order valence-corrected chi connectivity index (χ3v) is 2.66. The molecule has 0 saturated carbocycles. The summed E-state index contributed by atoms with van der Waals surface area (Å²) >= 11 is 1.53. The molecule has 1 aromatic carbocycles. The Labute approximate surface area is 91.7 Å². The molecule has 0 N–H and O–H groups in total. The normalized spacial score (nSPS) is 10.7. The zero-order valence-corrected chi connectivity index (χ0v) is 9.20. The van der Waals surface area contributed by atoms with Crippen LogP contribution in [0.5, 0.6) is 0 Å². The van der Waals surface area contributed by atoms with E-state index < -0.39 is 0 Å². The number of rotatable bonds is 4. The Hall–Kier alpha value is -1.36. The number of carbonyl (C=O) groups is 1. The Kier molecular flexibility index (Phi) is 3.01. The van der Waals surface area contributed by atoms with Crippen molar-refractivity contribution >= 4 is 28.6 Å². The highest BCUT2D eigenvalue weighted by molar-refractivity contribution is 7.99. The Morgan fingerprint density at radius 2 is 2.27 bits per heavy atom. The van der Waals surface area contributed by atoms with Gasteiger partial charge < -0.3 is 0 Å². The molecule has 1 aromatic heterocycles. The van der Waals surface area contributed by atoms with E-state index in [1.807, 2.05) is 30.5 Å². The van der Waals surface area contributed by atoms with Gasteiger partial charge in [0.2, 0.25) is 0 Å². The molecule has 0 aliphatic carbocycles. The van der Waals surface area contributed by atoms with Gasteiger partial charge in [-0.15, -0.1) is 5.10 Å². The molecule has 0 atom stereocenters. The quantitative estimate of drug-likeness (QED) is 0.782. The number of carbonyl (C=O) groups excluding carboxylic acids is 1. The molecule has 0 unspecified atom stereocenters. The number of nitrogens with zero attached hydrogens (tertiary/aromatic N) is 3. The lowest BCUT2D eigenvalue weighted by Crippen LogP contribution is -2.13. The first-order valence-electron chi connectivity index (χ1n) is 4.60. The molecular weight excluding hydrogens is 210 g/mol. The molecule has 15 heavy (non-hydrogen) atoms. The molecule has 5 heteroatoms. The number of hydrogen-bond acceptors (Lipinski definition) is 4. The third-order valence-electron chi connectivity index (χ3n) is 2.05. The summed E-state index contributed by atoms with van der Waals surface area (Å²) in [5.74, 6) is 0.687. The number of Topliss-reactive ketones (excluding diaryl/α,β-unsaturated/α-hetero) is 1. The lowest BCUT2D eigenvalue weighted by atomic mass is 10.3. The molecule has 0 aliphatic rings. The number of ketones is 1. The van der Waals surface area contributed by atoms with Crippen LogP contribution in [0.15, 0.2) is 24.3 Å². The fraction of sp³-hybridized carbons (Fsp3) is 0.300. The van der Waals surface area contributed by atoms with Crippen molar-refractivity contribution < 1.29 is 4.79 Å². The number of aromatic nitrogens is 3. The largest absolute Gasteiger partial charge is 0.297 e. The van der Waals surface area contributed by atoms with Crippen molar-refractivity contribution in [1.82, 2.24) is 15.0 Å². The van der Waals surface area contributed by atoms with E-state index in [2.05, 4.69) is 10.3 Å². The molecule has 2 rings (SSSR count). The monoisotopic (exact) mass is 221 g/mol. The zero-order chi connectivity index (χ0) is 10.7. The summed E-state index contributed by atoms with van der Waals surface area (Å²) in [4.78, 5) is 11.4. The van der Waals surface area contributed by atoms with E-state index in [1.54, 1.807) is 4.68 Å². The van der Waals surface area contributed by atoms with Crippen LogP contribution < -0.4 is 0 Å². The van der Waals surface area contributed by atoms with Gasteiger partial charge in [0.25, 0.3) is 0 Å². The van der Waals surface area contributed by atoms with Gasteiger partial charge in [-0.2, -0.15) is 11.8 Å².